The number of hydrogen-bond donors (Lipinski definition) is 0. The van der Waals surface area contributed by atoms with Crippen LogP contribution in [-0.2, 0) is 33.3 Å². The summed E-state index contributed by atoms with van der Waals surface area (Å²) in [4.78, 5) is 4.13. The number of rotatable bonds is 24. The van der Waals surface area contributed by atoms with Crippen molar-refractivity contribution in [2.24, 2.45) is 0 Å². The molecule has 1 aliphatic heterocycles. The molecule has 2 aromatic carbocycles. The summed E-state index contributed by atoms with van der Waals surface area (Å²) in [5.41, 5.74) is 3.20. The number of halogens is 4. The summed E-state index contributed by atoms with van der Waals surface area (Å²) < 4.78 is 73.8. The van der Waals surface area contributed by atoms with Gasteiger partial charge in [0, 0.05) is 42.8 Å². The van der Waals surface area contributed by atoms with Crippen molar-refractivity contribution in [3.8, 4) is 0 Å². The van der Waals surface area contributed by atoms with Crippen molar-refractivity contribution < 1.29 is 60.1 Å². The van der Waals surface area contributed by atoms with E-state index >= 15 is 0 Å². The molecule has 17 heteroatoms. The Hall–Kier alpha value is -1.03. The molecular weight excluding hydrogens is 849 g/mol. The van der Waals surface area contributed by atoms with Crippen LogP contribution in [0, 0.1) is 0 Å². The van der Waals surface area contributed by atoms with Gasteiger partial charge in [-0.2, -0.15) is 0 Å². The smallest absolute Gasteiger partial charge is 0.748 e. The molecule has 0 atom stereocenters. The molecule has 3 aromatic rings. The maximum absolute atomic E-state index is 11.6. The van der Waals surface area contributed by atoms with E-state index in [4.69, 9.17) is 46.4 Å². The molecular formula is C39H53Cl4N4NaO6S2. The predicted octanol–water partition coefficient (Wildman–Crippen LogP) is 7.32. The van der Waals surface area contributed by atoms with Crippen LogP contribution >= 0.6 is 46.4 Å². The third-order valence-corrected chi connectivity index (χ3v) is 12.8. The Morgan fingerprint density at radius 2 is 1.09 bits per heavy atom. The van der Waals surface area contributed by atoms with Crippen LogP contribution < -0.4 is 43.9 Å². The zero-order valence-corrected chi connectivity index (χ0v) is 39.4. The second kappa shape index (κ2) is 23.7. The average Bonchev–Trinajstić information content (AvgIpc) is 3.53. The van der Waals surface area contributed by atoms with E-state index in [9.17, 15) is 25.9 Å². The van der Waals surface area contributed by atoms with Gasteiger partial charge in [-0.05, 0) is 50.3 Å². The average molecular weight is 903 g/mol. The van der Waals surface area contributed by atoms with Gasteiger partial charge < -0.3 is 18.9 Å². The van der Waals surface area contributed by atoms with Gasteiger partial charge >= 0.3 is 29.6 Å². The van der Waals surface area contributed by atoms with Crippen LogP contribution in [0.3, 0.4) is 0 Å². The van der Waals surface area contributed by atoms with Crippen molar-refractivity contribution in [2.45, 2.75) is 117 Å². The van der Waals surface area contributed by atoms with E-state index in [0.29, 0.717) is 33.2 Å². The van der Waals surface area contributed by atoms with Crippen molar-refractivity contribution in [3.05, 3.63) is 68.2 Å². The SMILES string of the molecule is CCCCCCCCN1C(=CC=Cc2n(CCCCCCCC)c3cc(Cl)c(Cl)cc3[n+]2CCCS(=O)(=O)[O-])N(CCCS(=O)(=O)[O-])c2cc(Cl)c(Cl)cc21.[Na+]. The molecule has 0 radical (unpaired) electrons. The molecule has 2 heterocycles. The Morgan fingerprint density at radius 3 is 1.64 bits per heavy atom. The number of aromatic nitrogens is 2. The van der Waals surface area contributed by atoms with Gasteiger partial charge in [0.2, 0.25) is 0 Å². The molecule has 0 amide bonds. The Bertz CT molecular complexity index is 2040. The summed E-state index contributed by atoms with van der Waals surface area (Å²) in [6, 6.07) is 7.19. The summed E-state index contributed by atoms with van der Waals surface area (Å²) in [6.45, 7) is 6.21. The minimum absolute atomic E-state index is 0. The molecule has 0 spiro atoms. The largest absolute Gasteiger partial charge is 1.00 e. The van der Waals surface area contributed by atoms with E-state index in [1.165, 1.54) is 25.7 Å². The van der Waals surface area contributed by atoms with E-state index < -0.39 is 31.7 Å². The topological polar surface area (TPSA) is 130 Å². The quantitative estimate of drug-likeness (QED) is 0.0396. The van der Waals surface area contributed by atoms with Crippen LogP contribution in [0.4, 0.5) is 11.4 Å². The van der Waals surface area contributed by atoms with Crippen LogP contribution in [0.1, 0.15) is 110 Å². The van der Waals surface area contributed by atoms with E-state index in [-0.39, 0.29) is 55.5 Å². The number of anilines is 2. The predicted molar refractivity (Wildman–Crippen MR) is 226 cm³/mol. The minimum Gasteiger partial charge on any atom is -0.748 e. The third kappa shape index (κ3) is 14.6. The maximum atomic E-state index is 11.6. The van der Waals surface area contributed by atoms with Gasteiger partial charge in [-0.3, -0.25) is 0 Å². The minimum atomic E-state index is -4.43. The van der Waals surface area contributed by atoms with Crippen molar-refractivity contribution >= 4 is 95.1 Å². The number of benzene rings is 2. The fourth-order valence-corrected chi connectivity index (χ4v) is 8.72. The third-order valence-electron chi connectivity index (χ3n) is 9.82. The number of fused-ring (bicyclic) bond motifs is 2. The first-order valence-corrected chi connectivity index (χ1v) is 24.0. The van der Waals surface area contributed by atoms with Gasteiger partial charge in [0.25, 0.3) is 5.82 Å². The normalized spacial score (nSPS) is 14.1. The second-order valence-electron chi connectivity index (χ2n) is 14.1. The Morgan fingerprint density at radius 1 is 0.625 bits per heavy atom. The fourth-order valence-electron chi connectivity index (χ4n) is 7.12. The number of aryl methyl sites for hydroxylation is 2. The first-order valence-electron chi connectivity index (χ1n) is 19.4. The van der Waals surface area contributed by atoms with Gasteiger partial charge in [0.15, 0.2) is 11.0 Å². The Balaban J connectivity index is 0.00000841. The summed E-state index contributed by atoms with van der Waals surface area (Å²) in [5.74, 6) is 0.526. The van der Waals surface area contributed by atoms with E-state index in [1.54, 1.807) is 12.1 Å². The molecule has 0 aliphatic carbocycles. The molecule has 1 aromatic heterocycles. The zero-order valence-electron chi connectivity index (χ0n) is 32.8. The summed E-state index contributed by atoms with van der Waals surface area (Å²) in [6.07, 6.45) is 19.1. The number of nitrogens with zero attached hydrogens (tertiary/aromatic N) is 4. The fraction of sp³-hybridized carbons (Fsp3) is 0.564. The molecule has 4 rings (SSSR count). The number of imidazole rings is 1. The van der Waals surface area contributed by atoms with Gasteiger partial charge in [-0.15, -0.1) is 0 Å². The number of unbranched alkanes of at least 4 members (excludes halogenated alkanes) is 10. The first kappa shape index (κ1) is 49.3. The first-order chi connectivity index (χ1) is 26.1. The molecule has 10 nitrogen and oxygen atoms in total. The van der Waals surface area contributed by atoms with Crippen LogP contribution in [-0.4, -0.2) is 55.1 Å². The van der Waals surface area contributed by atoms with E-state index in [2.05, 4.69) is 23.3 Å². The van der Waals surface area contributed by atoms with E-state index in [1.807, 2.05) is 39.8 Å². The molecule has 1 aliphatic rings. The molecule has 0 fully saturated rings. The molecule has 0 bridgehead atoms. The van der Waals surface area contributed by atoms with E-state index in [0.717, 1.165) is 85.4 Å². The van der Waals surface area contributed by atoms with Crippen LogP contribution in [0.5, 0.6) is 0 Å². The van der Waals surface area contributed by atoms with Crippen molar-refractivity contribution in [1.82, 2.24) is 4.57 Å². The molecule has 306 valence electrons. The van der Waals surface area contributed by atoms with Gasteiger partial charge in [0.1, 0.15) is 5.82 Å². The summed E-state index contributed by atoms with van der Waals surface area (Å²) in [7, 11) is -8.86. The van der Waals surface area contributed by atoms with Crippen molar-refractivity contribution in [2.75, 3.05) is 34.4 Å². The number of hydrogen-bond acceptors (Lipinski definition) is 8. The van der Waals surface area contributed by atoms with Crippen molar-refractivity contribution in [1.29, 1.82) is 0 Å². The van der Waals surface area contributed by atoms with Crippen molar-refractivity contribution in [3.63, 3.8) is 0 Å². The Labute approximate surface area is 376 Å². The van der Waals surface area contributed by atoms with Gasteiger partial charge in [-0.25, -0.2) is 26.0 Å². The standard InChI is InChI=1S/C39H54Cl4N4O6S2.Na/c1-3-5-7-9-11-13-20-44-34-26-30(40)32(42)28-36(34)46(22-16-24-54(48,49)50)38(44)18-15-19-39-45(21-14-12-10-8-6-4-2)35-27-31(41)33(43)29-37(35)47(39)23-17-25-55(51,52)53;/h15,18-19,26-29H,3-14,16-17,20-25H2,1-2H3,(H-,48,49,50,51,52,53);/q;+1/p-1. The van der Waals surface area contributed by atoms with Crippen LogP contribution in [0.2, 0.25) is 20.1 Å². The molecule has 0 N–H and O–H groups in total. The van der Waals surface area contributed by atoms with Gasteiger partial charge in [-0.1, -0.05) is 124 Å². The second-order valence-corrected chi connectivity index (χ2v) is 18.8. The molecule has 0 saturated carbocycles. The number of allylic oxidation sites excluding steroid dienone is 2. The maximum Gasteiger partial charge on any atom is 1.00 e. The van der Waals surface area contributed by atoms with Gasteiger partial charge in [0.05, 0.1) is 64.8 Å². The van der Waals surface area contributed by atoms with Crippen LogP contribution in [0.15, 0.2) is 42.2 Å². The van der Waals surface area contributed by atoms with Crippen LogP contribution in [0.25, 0.3) is 17.1 Å². The molecule has 0 unspecified atom stereocenters. The zero-order chi connectivity index (χ0) is 40.2. The monoisotopic (exact) mass is 900 g/mol. The Kier molecular flexibility index (Phi) is 20.9. The summed E-state index contributed by atoms with van der Waals surface area (Å²) in [5, 5.41) is 1.50. The molecule has 0 saturated heterocycles. The molecule has 56 heavy (non-hydrogen) atoms. The summed E-state index contributed by atoms with van der Waals surface area (Å²) >= 11 is 26.1.